The number of carbonyl (C=O) groups is 1. The lowest BCUT2D eigenvalue weighted by molar-refractivity contribution is -0.119. The first kappa shape index (κ1) is 23.4. The number of ketones is 1. The van der Waals surface area contributed by atoms with Crippen LogP contribution in [0.1, 0.15) is 28.8 Å². The third kappa shape index (κ3) is 4.63. The molecule has 0 bridgehead atoms. The quantitative estimate of drug-likeness (QED) is 0.393. The number of likely N-dealkylation sites (N-methyl/N-ethyl adjacent to an activating group) is 1. The lowest BCUT2D eigenvalue weighted by atomic mass is 9.95. The normalized spacial score (nSPS) is 12.5. The van der Waals surface area contributed by atoms with Crippen LogP contribution < -0.4 is 5.32 Å². The maximum atomic E-state index is 12.5. The molecule has 0 atom stereocenters. The van der Waals surface area contributed by atoms with Gasteiger partial charge < -0.3 is 10.2 Å². The summed E-state index contributed by atoms with van der Waals surface area (Å²) in [7, 11) is 3.83. The number of hydrogen-bond acceptors (Lipinski definition) is 7. The van der Waals surface area contributed by atoms with Gasteiger partial charge in [-0.3, -0.25) is 4.79 Å². The van der Waals surface area contributed by atoms with E-state index in [1.807, 2.05) is 43.4 Å². The van der Waals surface area contributed by atoms with E-state index in [4.69, 9.17) is 10.1 Å². The SMILES string of the molecule is CCNc1ccc(-c2nn(-c3ccccc3C)c3c2CCc2nc(CC(=O)CN(C)C)sc2-3)cn1. The molecule has 4 aromatic rings. The van der Waals surface area contributed by atoms with Gasteiger partial charge in [0.15, 0.2) is 5.78 Å². The fourth-order valence-corrected chi connectivity index (χ4v) is 5.80. The largest absolute Gasteiger partial charge is 0.370 e. The molecule has 0 saturated heterocycles. The van der Waals surface area contributed by atoms with Crippen molar-refractivity contribution in [3.63, 3.8) is 0 Å². The number of nitrogens with one attached hydrogen (secondary N) is 1. The third-order valence-corrected chi connectivity index (χ3v) is 7.24. The number of carbonyl (C=O) groups excluding carboxylic acids is 1. The summed E-state index contributed by atoms with van der Waals surface area (Å²) in [5.41, 5.74) is 7.55. The maximum Gasteiger partial charge on any atom is 0.153 e. The van der Waals surface area contributed by atoms with Crippen molar-refractivity contribution in [1.29, 1.82) is 0 Å². The number of aromatic nitrogens is 4. The van der Waals surface area contributed by atoms with Crippen molar-refractivity contribution in [1.82, 2.24) is 24.6 Å². The second-order valence-electron chi connectivity index (χ2n) is 9.17. The van der Waals surface area contributed by atoms with Crippen LogP contribution in [0.25, 0.3) is 27.5 Å². The number of hydrogen-bond donors (Lipinski definition) is 1. The van der Waals surface area contributed by atoms with Crippen LogP contribution in [-0.2, 0) is 24.1 Å². The predicted octanol–water partition coefficient (Wildman–Crippen LogP) is 4.57. The molecular weight excluding hydrogens is 456 g/mol. The summed E-state index contributed by atoms with van der Waals surface area (Å²) in [5, 5.41) is 9.27. The van der Waals surface area contributed by atoms with Gasteiger partial charge in [0.2, 0.25) is 0 Å². The summed E-state index contributed by atoms with van der Waals surface area (Å²) in [4.78, 5) is 25.0. The molecule has 0 fully saturated rings. The van der Waals surface area contributed by atoms with Gasteiger partial charge in [-0.1, -0.05) is 18.2 Å². The Labute approximate surface area is 209 Å². The molecule has 3 heterocycles. The van der Waals surface area contributed by atoms with Gasteiger partial charge in [0.1, 0.15) is 10.8 Å². The van der Waals surface area contributed by atoms with Gasteiger partial charge in [-0.2, -0.15) is 5.10 Å². The van der Waals surface area contributed by atoms with Crippen LogP contribution in [0.5, 0.6) is 0 Å². The Hall–Kier alpha value is -3.36. The highest BCUT2D eigenvalue weighted by atomic mass is 32.1. The van der Waals surface area contributed by atoms with E-state index >= 15 is 0 Å². The van der Waals surface area contributed by atoms with Crippen molar-refractivity contribution in [2.24, 2.45) is 0 Å². The van der Waals surface area contributed by atoms with E-state index in [-0.39, 0.29) is 5.78 Å². The van der Waals surface area contributed by atoms with Crippen LogP contribution >= 0.6 is 11.3 Å². The number of thiazole rings is 1. The highest BCUT2D eigenvalue weighted by Crippen LogP contribution is 2.43. The summed E-state index contributed by atoms with van der Waals surface area (Å²) >= 11 is 1.63. The van der Waals surface area contributed by atoms with Crippen molar-refractivity contribution >= 4 is 22.9 Å². The minimum Gasteiger partial charge on any atom is -0.370 e. The molecule has 8 heteroatoms. The summed E-state index contributed by atoms with van der Waals surface area (Å²) < 4.78 is 2.07. The molecular formula is C27H30N6OS. The topological polar surface area (TPSA) is 75.9 Å². The minimum absolute atomic E-state index is 0.182. The average molecular weight is 487 g/mol. The number of fused-ring (bicyclic) bond motifs is 3. The van der Waals surface area contributed by atoms with Crippen molar-refractivity contribution < 1.29 is 4.79 Å². The van der Waals surface area contributed by atoms with Gasteiger partial charge >= 0.3 is 0 Å². The second kappa shape index (κ2) is 9.71. The Morgan fingerprint density at radius 3 is 2.71 bits per heavy atom. The molecule has 0 radical (unpaired) electrons. The predicted molar refractivity (Wildman–Crippen MR) is 141 cm³/mol. The van der Waals surface area contributed by atoms with E-state index in [9.17, 15) is 4.79 Å². The van der Waals surface area contributed by atoms with Gasteiger partial charge in [-0.05, 0) is 64.5 Å². The van der Waals surface area contributed by atoms with Gasteiger partial charge in [-0.25, -0.2) is 14.6 Å². The molecule has 0 unspecified atom stereocenters. The molecule has 180 valence electrons. The van der Waals surface area contributed by atoms with Crippen LogP contribution in [0.4, 0.5) is 5.82 Å². The van der Waals surface area contributed by atoms with Crippen LogP contribution in [0, 0.1) is 6.92 Å². The number of benzene rings is 1. The number of anilines is 1. The van der Waals surface area contributed by atoms with Crippen molar-refractivity contribution in [2.45, 2.75) is 33.1 Å². The third-order valence-electron chi connectivity index (χ3n) is 6.13. The number of aryl methyl sites for hydroxylation is 2. The Bertz CT molecular complexity index is 1370. The van der Waals surface area contributed by atoms with Crippen molar-refractivity contribution in [3.8, 4) is 27.5 Å². The summed E-state index contributed by atoms with van der Waals surface area (Å²) in [6.45, 7) is 5.43. The Morgan fingerprint density at radius 1 is 1.17 bits per heavy atom. The Morgan fingerprint density at radius 2 is 2.00 bits per heavy atom. The van der Waals surface area contributed by atoms with E-state index < -0.39 is 0 Å². The van der Waals surface area contributed by atoms with Crippen LogP contribution in [-0.4, -0.2) is 57.6 Å². The molecule has 1 aromatic carbocycles. The molecule has 1 aliphatic rings. The van der Waals surface area contributed by atoms with Gasteiger partial charge in [0, 0.05) is 23.9 Å². The molecule has 1 N–H and O–H groups in total. The van der Waals surface area contributed by atoms with Crippen LogP contribution in [0.3, 0.4) is 0 Å². The molecule has 35 heavy (non-hydrogen) atoms. The number of para-hydroxylation sites is 1. The molecule has 5 rings (SSSR count). The molecule has 1 aliphatic carbocycles. The highest BCUT2D eigenvalue weighted by molar-refractivity contribution is 7.15. The van der Waals surface area contributed by atoms with E-state index in [1.54, 1.807) is 11.3 Å². The van der Waals surface area contributed by atoms with E-state index in [0.717, 1.165) is 69.0 Å². The highest BCUT2D eigenvalue weighted by Gasteiger charge is 2.30. The summed E-state index contributed by atoms with van der Waals surface area (Å²) in [6.07, 6.45) is 3.96. The summed E-state index contributed by atoms with van der Waals surface area (Å²) in [6, 6.07) is 12.4. The first-order valence-electron chi connectivity index (χ1n) is 12.0. The number of nitrogens with zero attached hydrogens (tertiary/aromatic N) is 5. The van der Waals surface area contributed by atoms with Crippen molar-refractivity contribution in [3.05, 3.63) is 64.4 Å². The molecule has 3 aromatic heterocycles. The molecule has 7 nitrogen and oxygen atoms in total. The van der Waals surface area contributed by atoms with Gasteiger partial charge in [0.05, 0.1) is 40.6 Å². The van der Waals surface area contributed by atoms with Gasteiger partial charge in [-0.15, -0.1) is 11.3 Å². The zero-order chi connectivity index (χ0) is 24.5. The standard InChI is InChI=1S/C27H30N6OS/c1-5-28-23-13-10-18(15-29-23)25-20-11-12-21-27(35-24(30-21)14-19(34)16-32(3)4)26(20)33(31-25)22-9-7-6-8-17(22)2/h6-10,13,15H,5,11-12,14,16H2,1-4H3,(H,28,29). The fraction of sp³-hybridized carbons (Fsp3) is 0.333. The minimum atomic E-state index is 0.182. The average Bonchev–Trinajstić information content (AvgIpc) is 3.40. The first-order valence-corrected chi connectivity index (χ1v) is 12.8. The van der Waals surface area contributed by atoms with Gasteiger partial charge in [0.25, 0.3) is 0 Å². The summed E-state index contributed by atoms with van der Waals surface area (Å²) in [5.74, 6) is 1.04. The van der Waals surface area contributed by atoms with E-state index in [1.165, 1.54) is 5.56 Å². The first-order chi connectivity index (χ1) is 16.9. The molecule has 0 saturated carbocycles. The smallest absolute Gasteiger partial charge is 0.153 e. The number of Topliss-reactive ketones (excluding diaryl/α,β-unsaturated/α-hetero) is 1. The second-order valence-corrected chi connectivity index (χ2v) is 10.3. The van der Waals surface area contributed by atoms with Crippen molar-refractivity contribution in [2.75, 3.05) is 32.5 Å². The van der Waals surface area contributed by atoms with Crippen LogP contribution in [0.2, 0.25) is 0 Å². The molecule has 0 aliphatic heterocycles. The molecule has 0 amide bonds. The lowest BCUT2D eigenvalue weighted by Crippen LogP contribution is -2.22. The Balaban J connectivity index is 1.62. The van der Waals surface area contributed by atoms with E-state index in [2.05, 4.69) is 47.0 Å². The zero-order valence-corrected chi connectivity index (χ0v) is 21.4. The fourth-order valence-electron chi connectivity index (χ4n) is 4.60. The number of pyridine rings is 1. The monoisotopic (exact) mass is 486 g/mol. The Kier molecular flexibility index (Phi) is 6.49. The van der Waals surface area contributed by atoms with Crippen LogP contribution in [0.15, 0.2) is 42.6 Å². The molecule has 0 spiro atoms. The lowest BCUT2D eigenvalue weighted by Gasteiger charge is -2.15. The van der Waals surface area contributed by atoms with E-state index in [0.29, 0.717) is 13.0 Å². The maximum absolute atomic E-state index is 12.5. The number of rotatable bonds is 8. The zero-order valence-electron chi connectivity index (χ0n) is 20.6.